The Hall–Kier alpha value is -3.98. The number of ether oxygens (including phenoxy) is 2. The number of hydrogen-bond acceptors (Lipinski definition) is 2. The molecule has 0 saturated heterocycles. The van der Waals surface area contributed by atoms with Gasteiger partial charge in [0.2, 0.25) is 0 Å². The molecule has 0 unspecified atom stereocenters. The lowest BCUT2D eigenvalue weighted by Crippen LogP contribution is -2.11. The SMILES string of the molecule is c1ccc(COc2cccc3[nH]cc(C4c5ccccc5Oc5ccccc54)c23)cc1. The minimum atomic E-state index is 0.0661. The van der Waals surface area contributed by atoms with E-state index in [2.05, 4.69) is 59.7 Å². The average Bonchev–Trinajstić information content (AvgIpc) is 3.26. The fourth-order valence-electron chi connectivity index (χ4n) is 4.51. The summed E-state index contributed by atoms with van der Waals surface area (Å²) in [6, 6.07) is 33.1. The fourth-order valence-corrected chi connectivity index (χ4v) is 4.51. The van der Waals surface area contributed by atoms with Crippen molar-refractivity contribution in [2.24, 2.45) is 0 Å². The molecule has 1 aliphatic heterocycles. The van der Waals surface area contributed by atoms with Gasteiger partial charge in [-0.15, -0.1) is 0 Å². The Kier molecular flexibility index (Phi) is 4.24. The van der Waals surface area contributed by atoms with Crippen LogP contribution in [0.5, 0.6) is 17.2 Å². The number of H-pyrrole nitrogens is 1. The maximum absolute atomic E-state index is 6.32. The highest BCUT2D eigenvalue weighted by Gasteiger charge is 2.30. The topological polar surface area (TPSA) is 34.2 Å². The number of rotatable bonds is 4. The van der Waals surface area contributed by atoms with Crippen molar-refractivity contribution < 1.29 is 9.47 Å². The van der Waals surface area contributed by atoms with Gasteiger partial charge >= 0.3 is 0 Å². The average molecular weight is 403 g/mol. The standard InChI is InChI=1S/C28H21NO2/c1-2-9-19(10-3-1)18-30-26-16-8-13-23-28(26)22(17-29-23)27-20-11-4-6-14-24(20)31-25-15-7-5-12-21(25)27/h1-17,27,29H,18H2. The smallest absolute Gasteiger partial charge is 0.131 e. The first-order valence-corrected chi connectivity index (χ1v) is 10.5. The highest BCUT2D eigenvalue weighted by Crippen LogP contribution is 2.49. The molecule has 1 N–H and O–H groups in total. The van der Waals surface area contributed by atoms with Crippen molar-refractivity contribution in [3.8, 4) is 17.2 Å². The molecule has 5 aromatic rings. The maximum atomic E-state index is 6.32. The lowest BCUT2D eigenvalue weighted by atomic mass is 9.82. The van der Waals surface area contributed by atoms with Gasteiger partial charge in [0, 0.05) is 34.1 Å². The first kappa shape index (κ1) is 17.8. The molecule has 0 spiro atoms. The van der Waals surface area contributed by atoms with Gasteiger partial charge < -0.3 is 14.5 Å². The van der Waals surface area contributed by atoms with Crippen molar-refractivity contribution in [1.82, 2.24) is 4.98 Å². The third-order valence-electron chi connectivity index (χ3n) is 5.93. The highest BCUT2D eigenvalue weighted by atomic mass is 16.5. The lowest BCUT2D eigenvalue weighted by Gasteiger charge is -2.28. The molecule has 0 atom stereocenters. The summed E-state index contributed by atoms with van der Waals surface area (Å²) in [6.45, 7) is 0.533. The molecular weight excluding hydrogens is 382 g/mol. The molecule has 0 aliphatic carbocycles. The van der Waals surface area contributed by atoms with Gasteiger partial charge in [0.15, 0.2) is 0 Å². The largest absolute Gasteiger partial charge is 0.488 e. The van der Waals surface area contributed by atoms with Crippen LogP contribution < -0.4 is 9.47 Å². The van der Waals surface area contributed by atoms with Crippen molar-refractivity contribution in [2.45, 2.75) is 12.5 Å². The summed E-state index contributed by atoms with van der Waals surface area (Å²) in [5.74, 6) is 2.77. The number of benzene rings is 4. The molecule has 6 rings (SSSR count). The summed E-state index contributed by atoms with van der Waals surface area (Å²) in [6.07, 6.45) is 2.11. The van der Waals surface area contributed by atoms with Gasteiger partial charge in [-0.1, -0.05) is 72.8 Å². The molecule has 1 aromatic heterocycles. The summed E-state index contributed by atoms with van der Waals surface area (Å²) in [5.41, 5.74) is 5.75. The van der Waals surface area contributed by atoms with E-state index >= 15 is 0 Å². The first-order valence-electron chi connectivity index (χ1n) is 10.5. The van der Waals surface area contributed by atoms with Crippen LogP contribution >= 0.6 is 0 Å². The van der Waals surface area contributed by atoms with Crippen LogP contribution in [0.3, 0.4) is 0 Å². The van der Waals surface area contributed by atoms with Gasteiger partial charge in [0.25, 0.3) is 0 Å². The van der Waals surface area contributed by atoms with E-state index in [1.807, 2.05) is 48.5 Å². The molecule has 0 bridgehead atoms. The van der Waals surface area contributed by atoms with Crippen LogP contribution in [0.25, 0.3) is 10.9 Å². The zero-order chi connectivity index (χ0) is 20.6. The predicted octanol–water partition coefficient (Wildman–Crippen LogP) is 7.03. The Morgan fingerprint density at radius 2 is 1.35 bits per heavy atom. The van der Waals surface area contributed by atoms with E-state index in [4.69, 9.17) is 9.47 Å². The highest BCUT2D eigenvalue weighted by molar-refractivity contribution is 5.91. The van der Waals surface area contributed by atoms with E-state index in [0.717, 1.165) is 33.7 Å². The molecule has 3 heteroatoms. The molecule has 4 aromatic carbocycles. The van der Waals surface area contributed by atoms with Gasteiger partial charge in [0.1, 0.15) is 23.9 Å². The molecule has 31 heavy (non-hydrogen) atoms. The Labute approximate surface area is 180 Å². The van der Waals surface area contributed by atoms with E-state index in [-0.39, 0.29) is 5.92 Å². The zero-order valence-corrected chi connectivity index (χ0v) is 16.9. The summed E-state index contributed by atoms with van der Waals surface area (Å²) >= 11 is 0. The van der Waals surface area contributed by atoms with Crippen LogP contribution in [0.4, 0.5) is 0 Å². The van der Waals surface area contributed by atoms with Crippen molar-refractivity contribution in [3.05, 3.63) is 126 Å². The molecule has 0 radical (unpaired) electrons. The maximum Gasteiger partial charge on any atom is 0.131 e. The molecule has 2 heterocycles. The van der Waals surface area contributed by atoms with Crippen LogP contribution in [-0.2, 0) is 6.61 Å². The molecule has 0 amide bonds. The number of aromatic amines is 1. The summed E-state index contributed by atoms with van der Waals surface area (Å²) in [5, 5.41) is 1.12. The minimum Gasteiger partial charge on any atom is -0.488 e. The normalized spacial score (nSPS) is 12.8. The minimum absolute atomic E-state index is 0.0661. The fraction of sp³-hybridized carbons (Fsp3) is 0.0714. The Bertz CT molecular complexity index is 1320. The molecule has 0 fully saturated rings. The number of para-hydroxylation sites is 2. The molecule has 0 saturated carbocycles. The van der Waals surface area contributed by atoms with Gasteiger partial charge in [-0.25, -0.2) is 0 Å². The van der Waals surface area contributed by atoms with Crippen LogP contribution in [0.15, 0.2) is 103 Å². The quantitative estimate of drug-likeness (QED) is 0.343. The number of aromatic nitrogens is 1. The van der Waals surface area contributed by atoms with Crippen molar-refractivity contribution >= 4 is 10.9 Å². The molecule has 150 valence electrons. The van der Waals surface area contributed by atoms with Crippen LogP contribution in [0.2, 0.25) is 0 Å². The predicted molar refractivity (Wildman–Crippen MR) is 123 cm³/mol. The Morgan fingerprint density at radius 1 is 0.677 bits per heavy atom. The second-order valence-electron chi connectivity index (χ2n) is 7.81. The Morgan fingerprint density at radius 3 is 2.10 bits per heavy atom. The van der Waals surface area contributed by atoms with Crippen molar-refractivity contribution in [1.29, 1.82) is 0 Å². The second kappa shape index (κ2) is 7.37. The summed E-state index contributed by atoms with van der Waals surface area (Å²) < 4.78 is 12.5. The zero-order valence-electron chi connectivity index (χ0n) is 16.9. The van der Waals surface area contributed by atoms with E-state index in [9.17, 15) is 0 Å². The summed E-state index contributed by atoms with van der Waals surface area (Å²) in [4.78, 5) is 3.46. The third kappa shape index (κ3) is 3.06. The van der Waals surface area contributed by atoms with Gasteiger partial charge in [-0.2, -0.15) is 0 Å². The monoisotopic (exact) mass is 403 g/mol. The van der Waals surface area contributed by atoms with Crippen LogP contribution in [0, 0.1) is 0 Å². The molecular formula is C28H21NO2. The number of fused-ring (bicyclic) bond motifs is 3. The first-order chi connectivity index (χ1) is 15.4. The third-order valence-corrected chi connectivity index (χ3v) is 5.93. The summed E-state index contributed by atoms with van der Waals surface area (Å²) in [7, 11) is 0. The van der Waals surface area contributed by atoms with Gasteiger partial charge in [-0.3, -0.25) is 0 Å². The lowest BCUT2D eigenvalue weighted by molar-refractivity contribution is 0.310. The van der Waals surface area contributed by atoms with Crippen LogP contribution in [-0.4, -0.2) is 4.98 Å². The van der Waals surface area contributed by atoms with Gasteiger partial charge in [-0.05, 0) is 35.4 Å². The van der Waals surface area contributed by atoms with Crippen LogP contribution in [0.1, 0.15) is 28.2 Å². The molecule has 3 nitrogen and oxygen atoms in total. The Balaban J connectivity index is 1.50. The number of hydrogen-bond donors (Lipinski definition) is 1. The van der Waals surface area contributed by atoms with E-state index in [0.29, 0.717) is 6.61 Å². The van der Waals surface area contributed by atoms with E-state index < -0.39 is 0 Å². The second-order valence-corrected chi connectivity index (χ2v) is 7.81. The van der Waals surface area contributed by atoms with Crippen molar-refractivity contribution in [3.63, 3.8) is 0 Å². The van der Waals surface area contributed by atoms with E-state index in [1.165, 1.54) is 16.7 Å². The van der Waals surface area contributed by atoms with E-state index in [1.54, 1.807) is 0 Å². The van der Waals surface area contributed by atoms with Gasteiger partial charge in [0.05, 0.1) is 0 Å². The van der Waals surface area contributed by atoms with Crippen molar-refractivity contribution in [2.75, 3.05) is 0 Å². The number of nitrogens with one attached hydrogen (secondary N) is 1. The molecule has 1 aliphatic rings.